The summed E-state index contributed by atoms with van der Waals surface area (Å²) in [7, 11) is 3.87. The molecule has 3 aromatic rings. The molecule has 0 saturated carbocycles. The summed E-state index contributed by atoms with van der Waals surface area (Å²) in [6.45, 7) is 1.32. The third kappa shape index (κ3) is 8.04. The second-order valence-electron chi connectivity index (χ2n) is 10.3. The average Bonchev–Trinajstić information content (AvgIpc) is 3.00. The maximum Gasteiger partial charge on any atom is 0.410 e. The minimum absolute atomic E-state index is 0.00848. The van der Waals surface area contributed by atoms with Gasteiger partial charge in [-0.15, -0.1) is 0 Å². The highest BCUT2D eigenvalue weighted by Crippen LogP contribution is 2.43. The van der Waals surface area contributed by atoms with E-state index in [9.17, 15) is 34.5 Å². The fraction of sp³-hybridized carbons (Fsp3) is 0.312. The van der Waals surface area contributed by atoms with E-state index >= 15 is 0 Å². The highest BCUT2D eigenvalue weighted by atomic mass is 16.6. The molecular weight excluding hydrogens is 572 g/mol. The number of hydrogen-bond acceptors (Lipinski definition) is 10. The van der Waals surface area contributed by atoms with Crippen LogP contribution in [0.25, 0.3) is 11.1 Å². The van der Waals surface area contributed by atoms with Gasteiger partial charge in [0.1, 0.15) is 24.4 Å². The van der Waals surface area contributed by atoms with Crippen LogP contribution in [0, 0.1) is 5.92 Å². The third-order valence-electron chi connectivity index (χ3n) is 7.03. The van der Waals surface area contributed by atoms with Crippen LogP contribution in [0.4, 0.5) is 4.79 Å². The molecule has 3 rings (SSSR count). The second kappa shape index (κ2) is 14.9. The van der Waals surface area contributed by atoms with Crippen LogP contribution in [0.1, 0.15) is 36.1 Å². The number of ether oxygens (including phenoxy) is 3. The van der Waals surface area contributed by atoms with Gasteiger partial charge in [0.25, 0.3) is 0 Å². The summed E-state index contributed by atoms with van der Waals surface area (Å²) in [5.41, 5.74) is 7.63. The largest absolute Gasteiger partial charge is 0.507 e. The van der Waals surface area contributed by atoms with Crippen molar-refractivity contribution in [2.75, 3.05) is 21.3 Å². The van der Waals surface area contributed by atoms with Gasteiger partial charge in [-0.05, 0) is 47.4 Å². The maximum atomic E-state index is 13.6. The molecule has 0 bridgehead atoms. The van der Waals surface area contributed by atoms with E-state index in [2.05, 4.69) is 4.74 Å². The molecule has 3 atom stereocenters. The van der Waals surface area contributed by atoms with Gasteiger partial charge in [-0.3, -0.25) is 19.3 Å². The Bertz CT molecular complexity index is 1510. The van der Waals surface area contributed by atoms with Gasteiger partial charge in [0, 0.05) is 24.6 Å². The van der Waals surface area contributed by atoms with E-state index in [-0.39, 0.29) is 47.0 Å². The van der Waals surface area contributed by atoms with Crippen LogP contribution < -0.4 is 10.5 Å². The van der Waals surface area contributed by atoms with Gasteiger partial charge in [0.05, 0.1) is 20.1 Å². The Labute approximate surface area is 254 Å². The Morgan fingerprint density at radius 2 is 1.59 bits per heavy atom. The molecule has 12 nitrogen and oxygen atoms in total. The molecule has 0 aliphatic carbocycles. The SMILES string of the molecule is COC(=O)[C@@H](N)Cc1cc(O)c(OC)c(-c2cc([C@@H](C(=O)C[C@@H](C)C(=O)O)N(C)C(=O)OCc3ccccc3)ccc2O)c1. The molecule has 0 spiro atoms. The van der Waals surface area contributed by atoms with Crippen molar-refractivity contribution in [2.45, 2.75) is 38.5 Å². The number of carboxylic acids is 1. The molecule has 0 aliphatic heterocycles. The zero-order valence-electron chi connectivity index (χ0n) is 24.9. The van der Waals surface area contributed by atoms with Crippen LogP contribution in [-0.2, 0) is 36.9 Å². The average molecular weight is 609 g/mol. The molecule has 0 unspecified atom stereocenters. The van der Waals surface area contributed by atoms with Gasteiger partial charge in [-0.25, -0.2) is 4.79 Å². The van der Waals surface area contributed by atoms with Crippen LogP contribution in [0.5, 0.6) is 17.2 Å². The number of rotatable bonds is 13. The van der Waals surface area contributed by atoms with E-state index in [1.165, 1.54) is 52.5 Å². The summed E-state index contributed by atoms with van der Waals surface area (Å²) >= 11 is 0. The van der Waals surface area contributed by atoms with Crippen molar-refractivity contribution < 1.29 is 48.7 Å². The molecular formula is C32H36N2O10. The number of aromatic hydroxyl groups is 2. The molecule has 0 radical (unpaired) electrons. The summed E-state index contributed by atoms with van der Waals surface area (Å²) in [6.07, 6.45) is -1.24. The molecule has 44 heavy (non-hydrogen) atoms. The monoisotopic (exact) mass is 608 g/mol. The molecule has 0 fully saturated rings. The molecule has 3 aromatic carbocycles. The van der Waals surface area contributed by atoms with Crippen molar-refractivity contribution in [3.05, 3.63) is 77.4 Å². The zero-order valence-corrected chi connectivity index (χ0v) is 24.9. The van der Waals surface area contributed by atoms with E-state index in [4.69, 9.17) is 15.2 Å². The minimum atomic E-state index is -1.30. The van der Waals surface area contributed by atoms with Crippen LogP contribution in [0.3, 0.4) is 0 Å². The highest BCUT2D eigenvalue weighted by molar-refractivity contribution is 5.92. The first-order chi connectivity index (χ1) is 20.9. The number of methoxy groups -OCH3 is 2. The van der Waals surface area contributed by atoms with Gasteiger partial charge in [0.15, 0.2) is 17.3 Å². The van der Waals surface area contributed by atoms with Gasteiger partial charge < -0.3 is 35.3 Å². The Kier molecular flexibility index (Phi) is 11.3. The molecule has 1 amide bonds. The standard InChI is InChI=1S/C32H36N2O10/c1-18(30(38)39)12-26(36)28(34(2)32(41)44-17-19-8-6-5-7-9-19)21-10-11-25(35)22(16-21)23-13-20(14-24(33)31(40)43-4)15-27(37)29(23)42-3/h5-11,13,15-16,18,24,28,35,37H,12,14,17,33H2,1-4H3,(H,38,39)/t18-,24+,28+/m1/s1. The Morgan fingerprint density at radius 1 is 0.909 bits per heavy atom. The topological polar surface area (TPSA) is 186 Å². The van der Waals surface area contributed by atoms with Crippen molar-refractivity contribution in [3.63, 3.8) is 0 Å². The summed E-state index contributed by atoms with van der Waals surface area (Å²) in [5.74, 6) is -4.02. The first-order valence-electron chi connectivity index (χ1n) is 13.6. The predicted molar refractivity (Wildman–Crippen MR) is 159 cm³/mol. The van der Waals surface area contributed by atoms with Crippen molar-refractivity contribution in [1.29, 1.82) is 0 Å². The van der Waals surface area contributed by atoms with Crippen LogP contribution in [0.2, 0.25) is 0 Å². The van der Waals surface area contributed by atoms with Gasteiger partial charge in [-0.2, -0.15) is 0 Å². The number of carbonyl (C=O) groups is 4. The van der Waals surface area contributed by atoms with Gasteiger partial charge >= 0.3 is 18.0 Å². The fourth-order valence-corrected chi connectivity index (χ4v) is 4.69. The molecule has 234 valence electrons. The van der Waals surface area contributed by atoms with Crippen molar-refractivity contribution in [2.24, 2.45) is 11.7 Å². The fourth-order valence-electron chi connectivity index (χ4n) is 4.69. The van der Waals surface area contributed by atoms with E-state index in [1.807, 2.05) is 6.07 Å². The van der Waals surface area contributed by atoms with Crippen LogP contribution in [0.15, 0.2) is 60.7 Å². The van der Waals surface area contributed by atoms with Crippen LogP contribution in [-0.4, -0.2) is 71.3 Å². The number of Topliss-reactive ketones (excluding diaryl/α,β-unsaturated/α-hetero) is 1. The van der Waals surface area contributed by atoms with Crippen molar-refractivity contribution in [3.8, 4) is 28.4 Å². The number of phenols is 2. The number of esters is 1. The van der Waals surface area contributed by atoms with Gasteiger partial charge in [0.2, 0.25) is 0 Å². The molecule has 0 aliphatic rings. The Balaban J connectivity index is 2.07. The number of phenolic OH excluding ortho intramolecular Hbond substituents is 2. The number of aliphatic carboxylic acids is 1. The first kappa shape index (κ1) is 33.4. The van der Waals surface area contributed by atoms with E-state index in [0.29, 0.717) is 5.56 Å². The van der Waals surface area contributed by atoms with E-state index in [1.54, 1.807) is 30.3 Å². The van der Waals surface area contributed by atoms with E-state index in [0.717, 1.165) is 10.5 Å². The lowest BCUT2D eigenvalue weighted by molar-refractivity contribution is -0.143. The summed E-state index contributed by atoms with van der Waals surface area (Å²) in [4.78, 5) is 51.2. The lowest BCUT2D eigenvalue weighted by Gasteiger charge is -2.28. The molecule has 0 saturated heterocycles. The molecule has 5 N–H and O–H groups in total. The zero-order chi connectivity index (χ0) is 32.6. The number of carbonyl (C=O) groups excluding carboxylic acids is 3. The van der Waals surface area contributed by atoms with Crippen molar-refractivity contribution >= 4 is 23.8 Å². The summed E-state index contributed by atoms with van der Waals surface area (Å²) in [6, 6.07) is 13.7. The number of nitrogens with zero attached hydrogens (tertiary/aromatic N) is 1. The number of hydrogen-bond donors (Lipinski definition) is 4. The number of amides is 1. The van der Waals surface area contributed by atoms with Gasteiger partial charge in [-0.1, -0.05) is 43.3 Å². The molecule has 0 heterocycles. The first-order valence-corrected chi connectivity index (χ1v) is 13.6. The number of ketones is 1. The van der Waals surface area contributed by atoms with Crippen LogP contribution >= 0.6 is 0 Å². The smallest absolute Gasteiger partial charge is 0.410 e. The summed E-state index contributed by atoms with van der Waals surface area (Å²) < 4.78 is 15.5. The second-order valence-corrected chi connectivity index (χ2v) is 10.3. The lowest BCUT2D eigenvalue weighted by atomic mass is 9.91. The highest BCUT2D eigenvalue weighted by Gasteiger charge is 2.32. The molecule has 12 heteroatoms. The van der Waals surface area contributed by atoms with Crippen molar-refractivity contribution in [1.82, 2.24) is 4.90 Å². The maximum absolute atomic E-state index is 13.6. The molecule has 0 aromatic heterocycles. The quantitative estimate of drug-likeness (QED) is 0.207. The van der Waals surface area contributed by atoms with E-state index < -0.39 is 48.2 Å². The Hall–Kier alpha value is -5.10. The summed E-state index contributed by atoms with van der Waals surface area (Å²) in [5, 5.41) is 31.0. The number of carboxylic acid groups (broad SMARTS) is 1. The normalized spacial score (nSPS) is 12.8. The minimum Gasteiger partial charge on any atom is -0.507 e. The number of nitrogens with two attached hydrogens (primary N) is 1. The third-order valence-corrected chi connectivity index (χ3v) is 7.03. The Morgan fingerprint density at radius 3 is 2.20 bits per heavy atom. The number of likely N-dealkylation sites (N-methyl/N-ethyl adjacent to an activating group) is 1. The lowest BCUT2D eigenvalue weighted by Crippen LogP contribution is -2.37. The number of benzene rings is 3. The predicted octanol–water partition coefficient (Wildman–Crippen LogP) is 3.81.